The van der Waals surface area contributed by atoms with Gasteiger partial charge in [0.05, 0.1) is 12.6 Å². The maximum Gasteiger partial charge on any atom is 0.322 e. The number of nitrogens with one attached hydrogen (secondary N) is 2. The molecule has 0 radical (unpaired) electrons. The third-order valence-corrected chi connectivity index (χ3v) is 5.48. The second kappa shape index (κ2) is 10.0. The summed E-state index contributed by atoms with van der Waals surface area (Å²) in [6.45, 7) is 6.18. The van der Waals surface area contributed by atoms with Crippen LogP contribution in [0.4, 0.5) is 10.5 Å². The van der Waals surface area contributed by atoms with E-state index in [1.807, 2.05) is 81.4 Å². The van der Waals surface area contributed by atoms with Crippen molar-refractivity contribution in [2.45, 2.75) is 39.4 Å². The lowest BCUT2D eigenvalue weighted by molar-refractivity contribution is 0.0935. The van der Waals surface area contributed by atoms with Gasteiger partial charge in [-0.2, -0.15) is 0 Å². The number of benzene rings is 2. The van der Waals surface area contributed by atoms with Gasteiger partial charge in [-0.15, -0.1) is 11.3 Å². The number of rotatable bonds is 7. The van der Waals surface area contributed by atoms with Crippen molar-refractivity contribution >= 4 is 29.0 Å². The zero-order chi connectivity index (χ0) is 21.5. The van der Waals surface area contributed by atoms with Crippen LogP contribution in [0, 0.1) is 0 Å². The third-order valence-electron chi connectivity index (χ3n) is 4.65. The Morgan fingerprint density at radius 1 is 1.00 bits per heavy atom. The quantitative estimate of drug-likeness (QED) is 0.558. The zero-order valence-electron chi connectivity index (χ0n) is 17.3. The summed E-state index contributed by atoms with van der Waals surface area (Å²) in [5, 5.41) is 8.32. The summed E-state index contributed by atoms with van der Waals surface area (Å²) in [7, 11) is 0. The smallest absolute Gasteiger partial charge is 0.322 e. The second-order valence-electron chi connectivity index (χ2n) is 7.25. The van der Waals surface area contributed by atoms with Crippen LogP contribution in [0.3, 0.4) is 0 Å². The van der Waals surface area contributed by atoms with Gasteiger partial charge in [0.25, 0.3) is 5.91 Å². The van der Waals surface area contributed by atoms with Crippen molar-refractivity contribution in [3.8, 4) is 0 Å². The fourth-order valence-electron chi connectivity index (χ4n) is 2.93. The molecule has 7 heteroatoms. The number of carbonyl (C=O) groups is 2. The third kappa shape index (κ3) is 5.67. The Kier molecular flexibility index (Phi) is 7.19. The number of nitrogens with zero attached hydrogens (tertiary/aromatic N) is 2. The minimum absolute atomic E-state index is 0.0204. The van der Waals surface area contributed by atoms with Crippen LogP contribution in [0.25, 0.3) is 0 Å². The molecular weight excluding hydrogens is 396 g/mol. The fraction of sp³-hybridized carbons (Fsp3) is 0.261. The van der Waals surface area contributed by atoms with Gasteiger partial charge in [0.15, 0.2) is 0 Å². The number of anilines is 1. The lowest BCUT2D eigenvalue weighted by atomic mass is 10.1. The van der Waals surface area contributed by atoms with E-state index in [4.69, 9.17) is 0 Å². The molecule has 3 rings (SSSR count). The van der Waals surface area contributed by atoms with Gasteiger partial charge < -0.3 is 15.5 Å². The molecule has 0 spiro atoms. The predicted molar refractivity (Wildman–Crippen MR) is 121 cm³/mol. The summed E-state index contributed by atoms with van der Waals surface area (Å²) >= 11 is 1.38. The van der Waals surface area contributed by atoms with Crippen LogP contribution < -0.4 is 10.6 Å². The Labute approximate surface area is 181 Å². The Morgan fingerprint density at radius 2 is 1.63 bits per heavy atom. The van der Waals surface area contributed by atoms with Crippen LogP contribution in [0.5, 0.6) is 0 Å². The Morgan fingerprint density at radius 3 is 2.27 bits per heavy atom. The molecule has 0 aliphatic carbocycles. The summed E-state index contributed by atoms with van der Waals surface area (Å²) in [6, 6.07) is 18.8. The average molecular weight is 423 g/mol. The van der Waals surface area contributed by atoms with Crippen molar-refractivity contribution in [1.82, 2.24) is 15.2 Å². The van der Waals surface area contributed by atoms with E-state index < -0.39 is 0 Å². The molecule has 3 amide bonds. The van der Waals surface area contributed by atoms with E-state index in [0.717, 1.165) is 11.3 Å². The van der Waals surface area contributed by atoms with Crippen molar-refractivity contribution in [2.24, 2.45) is 0 Å². The molecule has 0 fully saturated rings. The van der Waals surface area contributed by atoms with Gasteiger partial charge in [-0.25, -0.2) is 9.78 Å². The number of urea groups is 1. The molecule has 2 N–H and O–H groups in total. The lowest BCUT2D eigenvalue weighted by Crippen LogP contribution is -2.39. The Bertz CT molecular complexity index is 973. The Balaban J connectivity index is 1.63. The largest absolute Gasteiger partial charge is 0.344 e. The maximum atomic E-state index is 12.7. The molecule has 156 valence electrons. The van der Waals surface area contributed by atoms with Crippen LogP contribution in [-0.2, 0) is 6.54 Å². The second-order valence-corrected chi connectivity index (χ2v) is 8.19. The SMILES string of the molecule is CC(C)N(Cc1nc(C(=O)N[C@H](C)c2ccccc2)cs1)C(=O)Nc1ccccc1. The highest BCUT2D eigenvalue weighted by Gasteiger charge is 2.21. The zero-order valence-corrected chi connectivity index (χ0v) is 18.1. The van der Waals surface area contributed by atoms with Gasteiger partial charge >= 0.3 is 6.03 Å². The minimum atomic E-state index is -0.223. The molecule has 30 heavy (non-hydrogen) atoms. The summed E-state index contributed by atoms with van der Waals surface area (Å²) < 4.78 is 0. The number of hydrogen-bond donors (Lipinski definition) is 2. The topological polar surface area (TPSA) is 74.3 Å². The molecule has 0 bridgehead atoms. The van der Waals surface area contributed by atoms with Crippen molar-refractivity contribution in [3.05, 3.63) is 82.3 Å². The fourth-order valence-corrected chi connectivity index (χ4v) is 3.71. The number of amides is 3. The number of carbonyl (C=O) groups excluding carboxylic acids is 2. The van der Waals surface area contributed by atoms with Crippen LogP contribution in [-0.4, -0.2) is 27.9 Å². The first-order valence-electron chi connectivity index (χ1n) is 9.87. The van der Waals surface area contributed by atoms with E-state index in [-0.39, 0.29) is 24.0 Å². The van der Waals surface area contributed by atoms with Gasteiger partial charge in [-0.3, -0.25) is 4.79 Å². The van der Waals surface area contributed by atoms with E-state index in [1.165, 1.54) is 11.3 Å². The molecule has 0 saturated heterocycles. The van der Waals surface area contributed by atoms with Crippen molar-refractivity contribution in [3.63, 3.8) is 0 Å². The van der Waals surface area contributed by atoms with Gasteiger partial charge in [0, 0.05) is 17.1 Å². The normalized spacial score (nSPS) is 11.7. The van der Waals surface area contributed by atoms with E-state index in [1.54, 1.807) is 10.3 Å². The molecule has 0 aliphatic heterocycles. The van der Waals surface area contributed by atoms with Gasteiger partial charge in [0.1, 0.15) is 10.7 Å². The monoisotopic (exact) mass is 422 g/mol. The van der Waals surface area contributed by atoms with Crippen LogP contribution in [0.1, 0.15) is 47.9 Å². The van der Waals surface area contributed by atoms with Crippen molar-refractivity contribution < 1.29 is 9.59 Å². The van der Waals surface area contributed by atoms with Gasteiger partial charge in [0.2, 0.25) is 0 Å². The van der Waals surface area contributed by atoms with Crippen LogP contribution in [0.2, 0.25) is 0 Å². The molecule has 3 aromatic rings. The predicted octanol–water partition coefficient (Wildman–Crippen LogP) is 5.08. The number of para-hydroxylation sites is 1. The highest BCUT2D eigenvalue weighted by atomic mass is 32.1. The highest BCUT2D eigenvalue weighted by molar-refractivity contribution is 7.09. The molecule has 0 saturated carbocycles. The van der Waals surface area contributed by atoms with Gasteiger partial charge in [-0.05, 0) is 38.5 Å². The first-order valence-corrected chi connectivity index (χ1v) is 10.7. The van der Waals surface area contributed by atoms with E-state index in [0.29, 0.717) is 17.2 Å². The molecule has 2 aromatic carbocycles. The van der Waals surface area contributed by atoms with Gasteiger partial charge in [-0.1, -0.05) is 48.5 Å². The number of thiazole rings is 1. The molecule has 1 aromatic heterocycles. The van der Waals surface area contributed by atoms with Crippen LogP contribution in [0.15, 0.2) is 66.0 Å². The van der Waals surface area contributed by atoms with Crippen molar-refractivity contribution in [1.29, 1.82) is 0 Å². The standard InChI is InChI=1S/C23H26N4O2S/c1-16(2)27(23(29)25-19-12-8-5-9-13-19)14-21-26-20(15-30-21)22(28)24-17(3)18-10-6-4-7-11-18/h4-13,15-17H,14H2,1-3H3,(H,24,28)(H,25,29)/t17-/m1/s1. The summed E-state index contributed by atoms with van der Waals surface area (Å²) in [4.78, 5) is 31.4. The molecular formula is C23H26N4O2S. The molecule has 1 heterocycles. The van der Waals surface area contributed by atoms with E-state index in [2.05, 4.69) is 15.6 Å². The van der Waals surface area contributed by atoms with E-state index in [9.17, 15) is 9.59 Å². The number of aromatic nitrogens is 1. The summed E-state index contributed by atoms with van der Waals surface area (Å²) in [5.74, 6) is -0.223. The van der Waals surface area contributed by atoms with Crippen LogP contribution >= 0.6 is 11.3 Å². The molecule has 0 unspecified atom stereocenters. The summed E-state index contributed by atoms with van der Waals surface area (Å²) in [6.07, 6.45) is 0. The highest BCUT2D eigenvalue weighted by Crippen LogP contribution is 2.18. The first kappa shape index (κ1) is 21.5. The lowest BCUT2D eigenvalue weighted by Gasteiger charge is -2.26. The van der Waals surface area contributed by atoms with E-state index >= 15 is 0 Å². The summed E-state index contributed by atoms with van der Waals surface area (Å²) in [5.41, 5.74) is 2.14. The minimum Gasteiger partial charge on any atom is -0.344 e. The molecule has 6 nitrogen and oxygen atoms in total. The Hall–Kier alpha value is -3.19. The molecule has 1 atom stereocenters. The number of hydrogen-bond acceptors (Lipinski definition) is 4. The maximum absolute atomic E-state index is 12.7. The average Bonchev–Trinajstić information content (AvgIpc) is 3.22. The van der Waals surface area contributed by atoms with Crippen molar-refractivity contribution in [2.75, 3.05) is 5.32 Å². The molecule has 0 aliphatic rings. The first-order chi connectivity index (χ1) is 14.4.